The highest BCUT2D eigenvalue weighted by Crippen LogP contribution is 2.24. The molecule has 0 saturated heterocycles. The van der Waals surface area contributed by atoms with E-state index in [0.717, 1.165) is 29.8 Å². The molecule has 0 unspecified atom stereocenters. The second-order valence-corrected chi connectivity index (χ2v) is 9.42. The summed E-state index contributed by atoms with van der Waals surface area (Å²) >= 11 is 1.48. The second kappa shape index (κ2) is 9.49. The smallest absolute Gasteiger partial charge is 0.321 e. The van der Waals surface area contributed by atoms with Gasteiger partial charge >= 0.3 is 5.69 Å². The van der Waals surface area contributed by atoms with Crippen molar-refractivity contribution < 1.29 is 0 Å². The number of rotatable bonds is 8. The van der Waals surface area contributed by atoms with Gasteiger partial charge in [0.2, 0.25) is 0 Å². The molecule has 4 heterocycles. The second-order valence-electron chi connectivity index (χ2n) is 8.48. The predicted octanol–water partition coefficient (Wildman–Crippen LogP) is 3.08. The van der Waals surface area contributed by atoms with Crippen LogP contribution in [0.1, 0.15) is 42.5 Å². The molecule has 180 valence electrons. The van der Waals surface area contributed by atoms with Gasteiger partial charge in [-0.15, -0.1) is 10.2 Å². The number of thioether (sulfide) groups is 1. The van der Waals surface area contributed by atoms with Crippen LogP contribution in [0.3, 0.4) is 0 Å². The van der Waals surface area contributed by atoms with Crippen LogP contribution in [0.25, 0.3) is 16.9 Å². The first kappa shape index (κ1) is 23.0. The van der Waals surface area contributed by atoms with Crippen molar-refractivity contribution >= 4 is 28.7 Å². The molecule has 0 spiro atoms. The van der Waals surface area contributed by atoms with Crippen molar-refractivity contribution in [2.45, 2.75) is 57.6 Å². The fourth-order valence-electron chi connectivity index (χ4n) is 4.22. The van der Waals surface area contributed by atoms with E-state index in [4.69, 9.17) is 4.98 Å². The van der Waals surface area contributed by atoms with Crippen LogP contribution in [-0.4, -0.2) is 38.7 Å². The molecule has 0 amide bonds. The Morgan fingerprint density at radius 2 is 1.83 bits per heavy atom. The first-order valence-electron chi connectivity index (χ1n) is 11.5. The summed E-state index contributed by atoms with van der Waals surface area (Å²) in [5.41, 5.74) is 2.76. The fraction of sp³-hybridized carbons (Fsp3) is 0.333. The lowest BCUT2D eigenvalue weighted by Gasteiger charge is -2.09. The van der Waals surface area contributed by atoms with E-state index in [1.54, 1.807) is 0 Å². The minimum Gasteiger partial charge on any atom is -0.321 e. The molecule has 0 atom stereocenters. The Bertz CT molecular complexity index is 1630. The summed E-state index contributed by atoms with van der Waals surface area (Å²) < 4.78 is 5.38. The summed E-state index contributed by atoms with van der Waals surface area (Å²) in [6.07, 6.45) is 1.85. The van der Waals surface area contributed by atoms with Crippen LogP contribution in [0, 0.1) is 13.8 Å². The number of aromatic amines is 1. The number of nitrogens with one attached hydrogen (secondary N) is 1. The van der Waals surface area contributed by atoms with Crippen LogP contribution in [-0.2, 0) is 18.8 Å². The van der Waals surface area contributed by atoms with Gasteiger partial charge in [0.05, 0.1) is 12.3 Å². The Balaban J connectivity index is 1.58. The zero-order valence-corrected chi connectivity index (χ0v) is 20.7. The molecule has 0 aliphatic heterocycles. The van der Waals surface area contributed by atoms with E-state index >= 15 is 0 Å². The quantitative estimate of drug-likeness (QED) is 0.332. The number of nitrogens with zero attached hydrogens (tertiary/aromatic N) is 7. The van der Waals surface area contributed by atoms with Crippen molar-refractivity contribution in [3.63, 3.8) is 0 Å². The number of imidazole rings is 1. The maximum Gasteiger partial charge on any atom is 0.330 e. The lowest BCUT2D eigenvalue weighted by Crippen LogP contribution is -2.31. The summed E-state index contributed by atoms with van der Waals surface area (Å²) in [7, 11) is 0. The average Bonchev–Trinajstić information content (AvgIpc) is 3.41. The molecule has 5 rings (SSSR count). The zero-order valence-electron chi connectivity index (χ0n) is 19.9. The van der Waals surface area contributed by atoms with Crippen LogP contribution in [0.5, 0.6) is 0 Å². The van der Waals surface area contributed by atoms with Crippen LogP contribution in [0.4, 0.5) is 0 Å². The third-order valence-corrected chi connectivity index (χ3v) is 6.80. The van der Waals surface area contributed by atoms with Crippen molar-refractivity contribution in [3.05, 3.63) is 80.0 Å². The van der Waals surface area contributed by atoms with E-state index in [9.17, 15) is 9.59 Å². The average molecular weight is 491 g/mol. The van der Waals surface area contributed by atoms with Gasteiger partial charge in [-0.05, 0) is 31.9 Å². The highest BCUT2D eigenvalue weighted by Gasteiger charge is 2.20. The van der Waals surface area contributed by atoms with E-state index in [1.165, 1.54) is 16.3 Å². The summed E-state index contributed by atoms with van der Waals surface area (Å²) in [5.74, 6) is 1.73. The Hall–Kier alpha value is -3.73. The van der Waals surface area contributed by atoms with Crippen LogP contribution >= 0.6 is 11.8 Å². The first-order chi connectivity index (χ1) is 17.0. The van der Waals surface area contributed by atoms with Crippen LogP contribution < -0.4 is 11.2 Å². The molecule has 1 aromatic carbocycles. The molecular formula is C24H26N8O2S. The number of aryl methyl sites for hydroxylation is 3. The van der Waals surface area contributed by atoms with Crippen molar-refractivity contribution in [1.29, 1.82) is 0 Å². The normalized spacial score (nSPS) is 11.6. The minimum absolute atomic E-state index is 0.323. The third-order valence-electron chi connectivity index (χ3n) is 5.88. The van der Waals surface area contributed by atoms with Crippen molar-refractivity contribution in [1.82, 2.24) is 38.7 Å². The third kappa shape index (κ3) is 4.39. The number of unbranched alkanes of at least 4 members (excludes halogenated alkanes) is 1. The Labute approximate surface area is 205 Å². The highest BCUT2D eigenvalue weighted by atomic mass is 32.2. The number of fused-ring (bicyclic) bond motifs is 2. The molecular weight excluding hydrogens is 464 g/mol. The van der Waals surface area contributed by atoms with E-state index in [2.05, 4.69) is 27.1 Å². The van der Waals surface area contributed by atoms with Crippen LogP contribution in [0.2, 0.25) is 0 Å². The van der Waals surface area contributed by atoms with Gasteiger partial charge in [0.25, 0.3) is 11.3 Å². The van der Waals surface area contributed by atoms with E-state index in [-0.39, 0.29) is 0 Å². The number of H-pyrrole nitrogens is 1. The van der Waals surface area contributed by atoms with Gasteiger partial charge in [-0.2, -0.15) is 0 Å². The monoisotopic (exact) mass is 490 g/mol. The van der Waals surface area contributed by atoms with Gasteiger partial charge in [0.15, 0.2) is 16.3 Å². The van der Waals surface area contributed by atoms with E-state index in [1.807, 2.05) is 59.2 Å². The van der Waals surface area contributed by atoms with Crippen LogP contribution in [0.15, 0.2) is 51.1 Å². The van der Waals surface area contributed by atoms with Crippen molar-refractivity contribution in [2.75, 3.05) is 0 Å². The van der Waals surface area contributed by atoms with Gasteiger partial charge in [-0.3, -0.25) is 18.7 Å². The van der Waals surface area contributed by atoms with E-state index < -0.39 is 11.2 Å². The lowest BCUT2D eigenvalue weighted by molar-refractivity contribution is 0.626. The van der Waals surface area contributed by atoms with Gasteiger partial charge in [0, 0.05) is 17.9 Å². The van der Waals surface area contributed by atoms with Crippen molar-refractivity contribution in [2.24, 2.45) is 0 Å². The lowest BCUT2D eigenvalue weighted by atomic mass is 10.2. The maximum atomic E-state index is 12.9. The standard InChI is InChI=1S/C24H26N8O2S/c1-4-5-11-30-18(14-35-24-29-28-22-25-15(2)12-16(3)32(22)24)26-20-19(30)21(33)27-23(34)31(20)13-17-9-7-6-8-10-17/h6-10,12H,4-5,11,13-14H2,1-3H3,(H,27,33,34). The zero-order chi connectivity index (χ0) is 24.5. The van der Waals surface area contributed by atoms with Gasteiger partial charge < -0.3 is 4.57 Å². The molecule has 1 N–H and O–H groups in total. The Kier molecular flexibility index (Phi) is 6.25. The van der Waals surface area contributed by atoms with Gasteiger partial charge in [-0.25, -0.2) is 14.8 Å². The minimum atomic E-state index is -0.466. The summed E-state index contributed by atoms with van der Waals surface area (Å²) in [6.45, 7) is 6.98. The van der Waals surface area contributed by atoms with Crippen molar-refractivity contribution in [3.8, 4) is 0 Å². The number of hydrogen-bond acceptors (Lipinski definition) is 7. The molecule has 4 aromatic heterocycles. The molecule has 35 heavy (non-hydrogen) atoms. The SMILES string of the molecule is CCCCn1c(CSc2nnc3nc(C)cc(C)n23)nc2c1c(=O)[nH]c(=O)n2Cc1ccccc1. The molecule has 0 bridgehead atoms. The molecule has 11 heteroatoms. The Morgan fingerprint density at radius 3 is 2.60 bits per heavy atom. The van der Waals surface area contributed by atoms with Gasteiger partial charge in [-0.1, -0.05) is 55.4 Å². The summed E-state index contributed by atoms with van der Waals surface area (Å²) in [4.78, 5) is 37.4. The summed E-state index contributed by atoms with van der Waals surface area (Å²) in [5, 5.41) is 9.23. The highest BCUT2D eigenvalue weighted by molar-refractivity contribution is 7.98. The van der Waals surface area contributed by atoms with E-state index in [0.29, 0.717) is 46.8 Å². The predicted molar refractivity (Wildman–Crippen MR) is 135 cm³/mol. The maximum absolute atomic E-state index is 12.9. The molecule has 5 aromatic rings. The summed E-state index contributed by atoms with van der Waals surface area (Å²) in [6, 6.07) is 11.7. The molecule has 10 nitrogen and oxygen atoms in total. The number of aromatic nitrogens is 8. The topological polar surface area (TPSA) is 116 Å². The largest absolute Gasteiger partial charge is 0.330 e. The molecule has 0 aliphatic carbocycles. The number of hydrogen-bond donors (Lipinski definition) is 1. The van der Waals surface area contributed by atoms with Gasteiger partial charge in [0.1, 0.15) is 5.82 Å². The first-order valence-corrected chi connectivity index (χ1v) is 12.5. The molecule has 0 saturated carbocycles. The molecule has 0 radical (unpaired) electrons. The molecule has 0 fully saturated rings. The number of benzene rings is 1. The molecule has 0 aliphatic rings. The fourth-order valence-corrected chi connectivity index (χ4v) is 5.15. The Morgan fingerprint density at radius 1 is 1.03 bits per heavy atom.